The van der Waals surface area contributed by atoms with E-state index in [-0.39, 0.29) is 36.0 Å². The van der Waals surface area contributed by atoms with Crippen molar-refractivity contribution < 1.29 is 9.13 Å². The van der Waals surface area contributed by atoms with Gasteiger partial charge in [0, 0.05) is 19.0 Å². The zero-order chi connectivity index (χ0) is 14.8. The van der Waals surface area contributed by atoms with E-state index in [0.29, 0.717) is 10.0 Å². The van der Waals surface area contributed by atoms with E-state index in [4.69, 9.17) is 27.9 Å². The molecule has 0 saturated carbocycles. The fourth-order valence-electron chi connectivity index (χ4n) is 2.33. The van der Waals surface area contributed by atoms with Crippen LogP contribution < -0.4 is 10.1 Å². The number of nitrogens with one attached hydrogen (secondary N) is 1. The number of halogens is 4. The van der Waals surface area contributed by atoms with Crippen LogP contribution in [0.5, 0.6) is 5.75 Å². The molecule has 0 bridgehead atoms. The van der Waals surface area contributed by atoms with Gasteiger partial charge in [0.2, 0.25) is 0 Å². The summed E-state index contributed by atoms with van der Waals surface area (Å²) in [5, 5.41) is 4.18. The molecule has 1 N–H and O–H groups in total. The van der Waals surface area contributed by atoms with E-state index < -0.39 is 0 Å². The standard InChI is InChI=1S/C16H14Cl2FNO.ClH/c17-12-6-5-10(7-13(12)18)16(11-8-20-9-11)21-15-4-2-1-3-14(15)19;/h1-7,11,16,20H,8-9H2;1H/t16-;/m0./s1. The summed E-state index contributed by atoms with van der Waals surface area (Å²) in [4.78, 5) is 0. The fraction of sp³-hybridized carbons (Fsp3) is 0.250. The maximum Gasteiger partial charge on any atom is 0.165 e. The maximum absolute atomic E-state index is 13.8. The average Bonchev–Trinajstić information content (AvgIpc) is 2.41. The van der Waals surface area contributed by atoms with E-state index in [1.54, 1.807) is 30.3 Å². The Morgan fingerprint density at radius 2 is 1.82 bits per heavy atom. The maximum atomic E-state index is 13.8. The molecule has 1 aliphatic rings. The third kappa shape index (κ3) is 3.66. The molecule has 2 aromatic rings. The molecule has 2 nitrogen and oxygen atoms in total. The van der Waals surface area contributed by atoms with Crippen molar-refractivity contribution in [1.82, 2.24) is 5.32 Å². The number of para-hydroxylation sites is 1. The molecule has 6 heteroatoms. The highest BCUT2D eigenvalue weighted by atomic mass is 35.5. The highest BCUT2D eigenvalue weighted by molar-refractivity contribution is 6.42. The largest absolute Gasteiger partial charge is 0.482 e. The number of hydrogen-bond donors (Lipinski definition) is 1. The van der Waals surface area contributed by atoms with Crippen molar-refractivity contribution in [2.24, 2.45) is 5.92 Å². The van der Waals surface area contributed by atoms with Crippen molar-refractivity contribution in [2.75, 3.05) is 13.1 Å². The smallest absolute Gasteiger partial charge is 0.165 e. The highest BCUT2D eigenvalue weighted by Gasteiger charge is 2.31. The second-order valence-electron chi connectivity index (χ2n) is 5.06. The van der Waals surface area contributed by atoms with Gasteiger partial charge in [0.25, 0.3) is 0 Å². The lowest BCUT2D eigenvalue weighted by atomic mass is 9.91. The van der Waals surface area contributed by atoms with E-state index in [1.165, 1.54) is 6.07 Å². The van der Waals surface area contributed by atoms with Crippen molar-refractivity contribution in [2.45, 2.75) is 6.10 Å². The van der Waals surface area contributed by atoms with Crippen molar-refractivity contribution in [1.29, 1.82) is 0 Å². The van der Waals surface area contributed by atoms with Crippen LogP contribution in [0.1, 0.15) is 11.7 Å². The van der Waals surface area contributed by atoms with Crippen LogP contribution in [0.15, 0.2) is 42.5 Å². The van der Waals surface area contributed by atoms with Gasteiger partial charge in [-0.25, -0.2) is 4.39 Å². The second kappa shape index (κ2) is 7.51. The molecule has 1 heterocycles. The van der Waals surface area contributed by atoms with Crippen molar-refractivity contribution >= 4 is 35.6 Å². The Morgan fingerprint density at radius 3 is 2.41 bits per heavy atom. The molecule has 3 rings (SSSR count). The molecular formula is C16H15Cl3FNO. The lowest BCUT2D eigenvalue weighted by Crippen LogP contribution is -2.46. The molecule has 1 aliphatic heterocycles. The molecule has 0 aliphatic carbocycles. The van der Waals surface area contributed by atoms with E-state index in [9.17, 15) is 4.39 Å². The summed E-state index contributed by atoms with van der Waals surface area (Å²) in [7, 11) is 0. The first-order chi connectivity index (χ1) is 10.1. The third-order valence-electron chi connectivity index (χ3n) is 3.60. The molecule has 118 valence electrons. The van der Waals surface area contributed by atoms with Crippen LogP contribution in [0.2, 0.25) is 10.0 Å². The summed E-state index contributed by atoms with van der Waals surface area (Å²) in [6, 6.07) is 11.8. The normalized spacial score (nSPS) is 15.6. The molecule has 2 aromatic carbocycles. The molecule has 1 atom stereocenters. The minimum absolute atomic E-state index is 0. The van der Waals surface area contributed by atoms with Gasteiger partial charge >= 0.3 is 0 Å². The van der Waals surface area contributed by atoms with Gasteiger partial charge in [-0.1, -0.05) is 41.4 Å². The summed E-state index contributed by atoms with van der Waals surface area (Å²) in [6.07, 6.45) is -0.252. The SMILES string of the molecule is Cl.Fc1ccccc1O[C@@H](c1ccc(Cl)c(Cl)c1)C1CNC1. The number of ether oxygens (including phenoxy) is 1. The number of rotatable bonds is 4. The van der Waals surface area contributed by atoms with Crippen molar-refractivity contribution in [3.63, 3.8) is 0 Å². The first-order valence-corrected chi connectivity index (χ1v) is 7.47. The Labute approximate surface area is 145 Å². The molecule has 1 fully saturated rings. The van der Waals surface area contributed by atoms with E-state index in [1.807, 2.05) is 6.07 Å². The Bertz CT molecular complexity index is 649. The van der Waals surface area contributed by atoms with Gasteiger partial charge in [-0.15, -0.1) is 12.4 Å². The Balaban J connectivity index is 0.00000176. The van der Waals surface area contributed by atoms with Gasteiger partial charge in [-0.3, -0.25) is 0 Å². The van der Waals surface area contributed by atoms with E-state index >= 15 is 0 Å². The topological polar surface area (TPSA) is 21.3 Å². The molecule has 0 amide bonds. The molecule has 0 radical (unpaired) electrons. The van der Waals surface area contributed by atoms with Gasteiger partial charge in [0.05, 0.1) is 10.0 Å². The Kier molecular flexibility index (Phi) is 5.93. The lowest BCUT2D eigenvalue weighted by Gasteiger charge is -2.35. The molecule has 0 aromatic heterocycles. The summed E-state index contributed by atoms with van der Waals surface area (Å²) >= 11 is 12.0. The van der Waals surface area contributed by atoms with E-state index in [2.05, 4.69) is 5.32 Å². The van der Waals surface area contributed by atoms with Crippen LogP contribution in [0.25, 0.3) is 0 Å². The molecule has 0 spiro atoms. The zero-order valence-corrected chi connectivity index (χ0v) is 13.9. The predicted molar refractivity (Wildman–Crippen MR) is 89.8 cm³/mol. The second-order valence-corrected chi connectivity index (χ2v) is 5.88. The van der Waals surface area contributed by atoms with Crippen LogP contribution in [0, 0.1) is 11.7 Å². The van der Waals surface area contributed by atoms with Crippen LogP contribution in [0.4, 0.5) is 4.39 Å². The molecule has 22 heavy (non-hydrogen) atoms. The molecular weight excluding hydrogens is 348 g/mol. The lowest BCUT2D eigenvalue weighted by molar-refractivity contribution is 0.0950. The zero-order valence-electron chi connectivity index (χ0n) is 11.6. The first kappa shape index (κ1) is 17.4. The minimum atomic E-state index is -0.366. The summed E-state index contributed by atoms with van der Waals surface area (Å²) in [5.41, 5.74) is 0.902. The van der Waals surface area contributed by atoms with Crippen LogP contribution in [-0.4, -0.2) is 13.1 Å². The third-order valence-corrected chi connectivity index (χ3v) is 4.34. The van der Waals surface area contributed by atoms with Crippen molar-refractivity contribution in [3.8, 4) is 5.75 Å². The summed E-state index contributed by atoms with van der Waals surface area (Å²) in [5.74, 6) is 0.164. The van der Waals surface area contributed by atoms with E-state index in [0.717, 1.165) is 18.7 Å². The van der Waals surface area contributed by atoms with Gasteiger partial charge in [0.15, 0.2) is 11.6 Å². The fourth-order valence-corrected chi connectivity index (χ4v) is 2.63. The quantitative estimate of drug-likeness (QED) is 0.836. The summed E-state index contributed by atoms with van der Waals surface area (Å²) in [6.45, 7) is 1.67. The predicted octanol–water partition coefficient (Wildman–Crippen LogP) is 4.89. The van der Waals surface area contributed by atoms with Crippen LogP contribution >= 0.6 is 35.6 Å². The number of hydrogen-bond acceptors (Lipinski definition) is 2. The summed E-state index contributed by atoms with van der Waals surface area (Å²) < 4.78 is 19.7. The van der Waals surface area contributed by atoms with Gasteiger partial charge in [-0.2, -0.15) is 0 Å². The number of benzene rings is 2. The van der Waals surface area contributed by atoms with Gasteiger partial charge < -0.3 is 10.1 Å². The van der Waals surface area contributed by atoms with Gasteiger partial charge in [-0.05, 0) is 29.8 Å². The molecule has 1 saturated heterocycles. The highest BCUT2D eigenvalue weighted by Crippen LogP contribution is 2.34. The van der Waals surface area contributed by atoms with Crippen molar-refractivity contribution in [3.05, 3.63) is 63.9 Å². The minimum Gasteiger partial charge on any atom is -0.482 e. The Hall–Kier alpha value is -1.000. The molecule has 0 unspecified atom stereocenters. The monoisotopic (exact) mass is 361 g/mol. The van der Waals surface area contributed by atoms with Crippen LogP contribution in [0.3, 0.4) is 0 Å². The average molecular weight is 363 g/mol. The Morgan fingerprint density at radius 1 is 1.09 bits per heavy atom. The first-order valence-electron chi connectivity index (χ1n) is 6.72. The van der Waals surface area contributed by atoms with Gasteiger partial charge in [0.1, 0.15) is 6.10 Å². The van der Waals surface area contributed by atoms with Crippen LogP contribution in [-0.2, 0) is 0 Å².